The molecule has 9 heteroatoms. The van der Waals surface area contributed by atoms with Crippen LogP contribution in [-0.2, 0) is 4.74 Å². The molecule has 7 nitrogen and oxygen atoms in total. The van der Waals surface area contributed by atoms with Gasteiger partial charge in [-0.1, -0.05) is 17.7 Å². The van der Waals surface area contributed by atoms with Gasteiger partial charge in [-0.3, -0.25) is 0 Å². The summed E-state index contributed by atoms with van der Waals surface area (Å²) in [5, 5.41) is 0.437. The zero-order chi connectivity index (χ0) is 18.4. The van der Waals surface area contributed by atoms with Crippen LogP contribution < -0.4 is 9.46 Å². The number of anilines is 1. The summed E-state index contributed by atoms with van der Waals surface area (Å²) in [6.45, 7) is 5.51. The summed E-state index contributed by atoms with van der Waals surface area (Å²) in [5.74, 6) is 0.598. The number of nitrogens with one attached hydrogen (secondary N) is 1. The number of hydrogen-bond donors (Lipinski definition) is 1. The molecule has 0 spiro atoms. The second-order valence-electron chi connectivity index (χ2n) is 5.39. The minimum Gasteiger partial charge on any atom is -0.446 e. The lowest BCUT2D eigenvalue weighted by atomic mass is 10.2. The summed E-state index contributed by atoms with van der Waals surface area (Å²) in [6.07, 6.45) is 2.33. The fraction of sp³-hybridized carbons (Fsp3) is 0.312. The number of rotatable bonds is 6. The van der Waals surface area contributed by atoms with Crippen LogP contribution in [0.2, 0.25) is 5.02 Å². The Labute approximate surface area is 156 Å². The van der Waals surface area contributed by atoms with Crippen LogP contribution in [0.3, 0.4) is 0 Å². The minimum atomic E-state index is -0.425. The molecule has 0 aliphatic heterocycles. The van der Waals surface area contributed by atoms with Crippen LogP contribution in [0.25, 0.3) is 0 Å². The Hall–Kier alpha value is -2.19. The Morgan fingerprint density at radius 2 is 2.00 bits per heavy atom. The van der Waals surface area contributed by atoms with Crippen LogP contribution in [0.5, 0.6) is 11.8 Å². The number of carbonyl (C=O) groups is 1. The monoisotopic (exact) mass is 382 g/mol. The maximum atomic E-state index is 11.8. The predicted molar refractivity (Wildman–Crippen MR) is 98.9 cm³/mol. The maximum Gasteiger partial charge on any atom is 0.421 e. The van der Waals surface area contributed by atoms with E-state index in [2.05, 4.69) is 14.7 Å². The summed E-state index contributed by atoms with van der Waals surface area (Å²) in [7, 11) is 1.62. The van der Waals surface area contributed by atoms with Crippen molar-refractivity contribution in [2.45, 2.75) is 26.9 Å². The lowest BCUT2D eigenvalue weighted by Gasteiger charge is -2.18. The molecule has 0 atom stereocenters. The molecule has 2 aromatic rings. The van der Waals surface area contributed by atoms with Crippen LogP contribution in [0, 0.1) is 6.92 Å². The number of amides is 1. The highest BCUT2D eigenvalue weighted by molar-refractivity contribution is 7.98. The number of halogens is 1. The van der Waals surface area contributed by atoms with E-state index in [1.807, 2.05) is 19.1 Å². The van der Waals surface area contributed by atoms with Crippen molar-refractivity contribution in [3.63, 3.8) is 0 Å². The van der Waals surface area contributed by atoms with Gasteiger partial charge in [0.2, 0.25) is 0 Å². The van der Waals surface area contributed by atoms with E-state index in [1.54, 1.807) is 27.0 Å². The zero-order valence-corrected chi connectivity index (χ0v) is 15.9. The van der Waals surface area contributed by atoms with Crippen LogP contribution in [0.15, 0.2) is 30.6 Å². The maximum absolute atomic E-state index is 11.8. The van der Waals surface area contributed by atoms with Crippen molar-refractivity contribution in [1.82, 2.24) is 14.3 Å². The second kappa shape index (κ2) is 8.77. The van der Waals surface area contributed by atoms with Gasteiger partial charge >= 0.3 is 12.1 Å². The minimum absolute atomic E-state index is 0.172. The Balaban J connectivity index is 2.00. The van der Waals surface area contributed by atoms with Crippen LogP contribution >= 0.6 is 23.7 Å². The largest absolute Gasteiger partial charge is 0.446 e. The fourth-order valence-corrected chi connectivity index (χ4v) is 2.24. The molecule has 0 saturated carbocycles. The first-order valence-corrected chi connectivity index (χ1v) is 8.63. The van der Waals surface area contributed by atoms with Gasteiger partial charge in [-0.15, -0.1) is 0 Å². The van der Waals surface area contributed by atoms with Crippen molar-refractivity contribution in [3.8, 4) is 11.8 Å². The molecule has 1 amide bonds. The topological polar surface area (TPSA) is 76.6 Å². The molecule has 0 fully saturated rings. The van der Waals surface area contributed by atoms with Gasteiger partial charge in [-0.2, -0.15) is 0 Å². The molecule has 0 saturated heterocycles. The van der Waals surface area contributed by atoms with Gasteiger partial charge in [-0.05, 0) is 32.4 Å². The lowest BCUT2D eigenvalue weighted by Crippen LogP contribution is -2.25. The summed E-state index contributed by atoms with van der Waals surface area (Å²) in [5.41, 5.74) is 1.67. The van der Waals surface area contributed by atoms with Gasteiger partial charge in [0, 0.05) is 18.8 Å². The van der Waals surface area contributed by atoms with Gasteiger partial charge in [0.25, 0.3) is 0 Å². The van der Waals surface area contributed by atoms with Crippen molar-refractivity contribution < 1.29 is 14.3 Å². The summed E-state index contributed by atoms with van der Waals surface area (Å²) >= 11 is 6.87. The fourth-order valence-electron chi connectivity index (χ4n) is 1.66. The molecule has 1 aromatic carbocycles. The van der Waals surface area contributed by atoms with Gasteiger partial charge in [0.05, 0.1) is 35.7 Å². The van der Waals surface area contributed by atoms with E-state index in [1.165, 1.54) is 16.7 Å². The average molecular weight is 383 g/mol. The predicted octanol–water partition coefficient (Wildman–Crippen LogP) is 4.68. The first-order valence-electron chi connectivity index (χ1n) is 7.48. The van der Waals surface area contributed by atoms with Gasteiger partial charge < -0.3 is 14.2 Å². The number of benzene rings is 1. The van der Waals surface area contributed by atoms with E-state index in [-0.39, 0.29) is 12.1 Å². The Bertz CT molecular complexity index is 728. The van der Waals surface area contributed by atoms with E-state index < -0.39 is 6.09 Å². The number of aryl methyl sites for hydroxylation is 1. The molecule has 0 aliphatic carbocycles. The first-order chi connectivity index (χ1) is 11.8. The van der Waals surface area contributed by atoms with E-state index in [0.29, 0.717) is 10.8 Å². The number of hydrogen-bond acceptors (Lipinski definition) is 7. The molecule has 1 heterocycles. The van der Waals surface area contributed by atoms with Crippen LogP contribution in [0.4, 0.5) is 10.5 Å². The lowest BCUT2D eigenvalue weighted by molar-refractivity contribution is 0.103. The highest BCUT2D eigenvalue weighted by Crippen LogP contribution is 2.28. The molecule has 25 heavy (non-hydrogen) atoms. The molecule has 1 aromatic heterocycles. The normalized spacial score (nSPS) is 10.5. The quantitative estimate of drug-likeness (QED) is 0.726. The highest BCUT2D eigenvalue weighted by Gasteiger charge is 2.13. The third-order valence-electron chi connectivity index (χ3n) is 2.88. The smallest absolute Gasteiger partial charge is 0.421 e. The summed E-state index contributed by atoms with van der Waals surface area (Å²) in [4.78, 5) is 19.8. The summed E-state index contributed by atoms with van der Waals surface area (Å²) < 4.78 is 15.2. The highest BCUT2D eigenvalue weighted by atomic mass is 35.5. The molecule has 0 bridgehead atoms. The number of carbonyl (C=O) groups excluding carboxylic acids is 1. The van der Waals surface area contributed by atoms with Gasteiger partial charge in [0.1, 0.15) is 5.75 Å². The Morgan fingerprint density at radius 1 is 1.32 bits per heavy atom. The van der Waals surface area contributed by atoms with Crippen molar-refractivity contribution in [1.29, 1.82) is 0 Å². The molecule has 1 N–H and O–H groups in total. The van der Waals surface area contributed by atoms with E-state index in [0.717, 1.165) is 23.4 Å². The average Bonchev–Trinajstić information content (AvgIpc) is 2.56. The van der Waals surface area contributed by atoms with Crippen molar-refractivity contribution in [3.05, 3.63) is 41.2 Å². The van der Waals surface area contributed by atoms with Crippen LogP contribution in [-0.4, -0.2) is 33.5 Å². The van der Waals surface area contributed by atoms with Crippen molar-refractivity contribution >= 4 is 35.5 Å². The Morgan fingerprint density at radius 3 is 2.64 bits per heavy atom. The standard InChI is InChI=1S/C16H19ClN4O3S/c1-10(2)23-16(22)21(4)25-20-13-6-5-11(3)14(7-13)24-15-18-8-12(17)9-19-15/h5-10,20H,1-4H3. The summed E-state index contributed by atoms with van der Waals surface area (Å²) in [6, 6.07) is 5.76. The van der Waals surface area contributed by atoms with Crippen LogP contribution in [0.1, 0.15) is 19.4 Å². The SMILES string of the molecule is Cc1ccc(NSN(C)C(=O)OC(C)C)cc1Oc1ncc(Cl)cn1. The van der Waals surface area contributed by atoms with E-state index >= 15 is 0 Å². The number of nitrogens with zero attached hydrogens (tertiary/aromatic N) is 3. The molecule has 2 rings (SSSR count). The number of ether oxygens (including phenoxy) is 2. The van der Waals surface area contributed by atoms with E-state index in [9.17, 15) is 4.79 Å². The van der Waals surface area contributed by atoms with Gasteiger partial charge in [-0.25, -0.2) is 19.1 Å². The molecular formula is C16H19ClN4O3S. The number of aromatic nitrogens is 2. The zero-order valence-electron chi connectivity index (χ0n) is 14.3. The van der Waals surface area contributed by atoms with Crippen molar-refractivity contribution in [2.75, 3.05) is 11.8 Å². The van der Waals surface area contributed by atoms with E-state index in [4.69, 9.17) is 21.1 Å². The second-order valence-corrected chi connectivity index (χ2v) is 6.76. The molecule has 0 unspecified atom stereocenters. The van der Waals surface area contributed by atoms with Gasteiger partial charge in [0.15, 0.2) is 0 Å². The molecule has 0 radical (unpaired) electrons. The molecular weight excluding hydrogens is 364 g/mol. The third kappa shape index (κ3) is 5.99. The molecule has 134 valence electrons. The Kier molecular flexibility index (Phi) is 6.72. The van der Waals surface area contributed by atoms with Crippen molar-refractivity contribution in [2.24, 2.45) is 0 Å². The molecule has 0 aliphatic rings. The first kappa shape index (κ1) is 19.1. The third-order valence-corrected chi connectivity index (χ3v) is 3.83.